The molecule has 0 aromatic rings. The van der Waals surface area contributed by atoms with Gasteiger partial charge in [0.05, 0.1) is 5.60 Å². The summed E-state index contributed by atoms with van der Waals surface area (Å²) < 4.78 is 5.72. The average molecular weight is 256 g/mol. The summed E-state index contributed by atoms with van der Waals surface area (Å²) in [4.78, 5) is 0. The highest BCUT2D eigenvalue weighted by Crippen LogP contribution is 2.40. The molecule has 0 rings (SSSR count). The summed E-state index contributed by atoms with van der Waals surface area (Å²) in [5.74, 6) is 0.626. The summed E-state index contributed by atoms with van der Waals surface area (Å²) in [6.07, 6.45) is 9.55. The van der Waals surface area contributed by atoms with Gasteiger partial charge in [-0.25, -0.2) is 0 Å². The second kappa shape index (κ2) is 8.19. The van der Waals surface area contributed by atoms with Gasteiger partial charge in [0, 0.05) is 7.11 Å². The first-order valence-electron chi connectivity index (χ1n) is 7.81. The van der Waals surface area contributed by atoms with E-state index in [4.69, 9.17) is 4.74 Å². The molecule has 0 N–H and O–H groups in total. The highest BCUT2D eigenvalue weighted by molar-refractivity contribution is 4.87. The van der Waals surface area contributed by atoms with Crippen molar-refractivity contribution in [3.8, 4) is 0 Å². The van der Waals surface area contributed by atoms with Crippen LogP contribution < -0.4 is 0 Å². The highest BCUT2D eigenvalue weighted by atomic mass is 16.5. The zero-order valence-corrected chi connectivity index (χ0v) is 13.9. The molecular weight excluding hydrogens is 220 g/mol. The van der Waals surface area contributed by atoms with Crippen LogP contribution in [0.2, 0.25) is 0 Å². The Bertz CT molecular complexity index is 200. The number of ether oxygens (including phenoxy) is 1. The van der Waals surface area contributed by atoms with E-state index in [0.29, 0.717) is 11.3 Å². The van der Waals surface area contributed by atoms with Crippen LogP contribution in [-0.2, 0) is 4.74 Å². The van der Waals surface area contributed by atoms with Crippen LogP contribution in [0.25, 0.3) is 0 Å². The molecule has 1 heteroatoms. The molecule has 0 aliphatic heterocycles. The maximum atomic E-state index is 5.72. The van der Waals surface area contributed by atoms with Crippen LogP contribution in [0.4, 0.5) is 0 Å². The molecule has 0 amide bonds. The number of unbranched alkanes of at least 4 members (excludes halogenated alkanes) is 5. The van der Waals surface area contributed by atoms with Gasteiger partial charge < -0.3 is 4.74 Å². The molecule has 1 unspecified atom stereocenters. The molecule has 0 aromatic carbocycles. The normalized spacial score (nSPS) is 14.8. The van der Waals surface area contributed by atoms with Crippen LogP contribution in [-0.4, -0.2) is 12.7 Å². The topological polar surface area (TPSA) is 9.23 Å². The molecule has 1 nitrogen and oxygen atoms in total. The number of rotatable bonds is 9. The molecule has 0 radical (unpaired) electrons. The average Bonchev–Trinajstić information content (AvgIpc) is 2.26. The monoisotopic (exact) mass is 256 g/mol. The molecule has 0 aliphatic carbocycles. The van der Waals surface area contributed by atoms with Gasteiger partial charge in [0.2, 0.25) is 0 Å². The molecule has 0 saturated carbocycles. The van der Waals surface area contributed by atoms with Crippen molar-refractivity contribution in [1.82, 2.24) is 0 Å². The number of hydrogen-bond acceptors (Lipinski definition) is 1. The van der Waals surface area contributed by atoms with E-state index >= 15 is 0 Å². The zero-order chi connectivity index (χ0) is 14.2. The summed E-state index contributed by atoms with van der Waals surface area (Å²) in [5, 5.41) is 0. The van der Waals surface area contributed by atoms with Gasteiger partial charge >= 0.3 is 0 Å². The van der Waals surface area contributed by atoms with E-state index < -0.39 is 0 Å². The molecule has 110 valence electrons. The van der Waals surface area contributed by atoms with Gasteiger partial charge in [0.1, 0.15) is 0 Å². The van der Waals surface area contributed by atoms with Crippen LogP contribution in [0.15, 0.2) is 0 Å². The predicted octanol–water partition coefficient (Wildman–Crippen LogP) is 5.82. The van der Waals surface area contributed by atoms with Gasteiger partial charge in [-0.15, -0.1) is 0 Å². The van der Waals surface area contributed by atoms with Crippen molar-refractivity contribution in [3.63, 3.8) is 0 Å². The second-order valence-corrected chi connectivity index (χ2v) is 7.28. The van der Waals surface area contributed by atoms with Crippen LogP contribution in [0.3, 0.4) is 0 Å². The Labute approximate surface area is 116 Å². The first-order chi connectivity index (χ1) is 8.25. The molecule has 0 fully saturated rings. The fourth-order valence-corrected chi connectivity index (χ4v) is 3.09. The van der Waals surface area contributed by atoms with Gasteiger partial charge in [0.25, 0.3) is 0 Å². The minimum atomic E-state index is -0.0122. The smallest absolute Gasteiger partial charge is 0.0655 e. The molecular formula is C17H36O. The van der Waals surface area contributed by atoms with Gasteiger partial charge in [-0.05, 0) is 31.6 Å². The van der Waals surface area contributed by atoms with E-state index in [1.165, 1.54) is 44.9 Å². The van der Waals surface area contributed by atoms with Crippen molar-refractivity contribution in [2.24, 2.45) is 11.3 Å². The van der Waals surface area contributed by atoms with E-state index in [2.05, 4.69) is 41.5 Å². The van der Waals surface area contributed by atoms with Crippen molar-refractivity contribution in [3.05, 3.63) is 0 Å². The fourth-order valence-electron chi connectivity index (χ4n) is 3.09. The molecule has 0 heterocycles. The molecule has 0 spiro atoms. The molecule has 0 aromatic heterocycles. The van der Waals surface area contributed by atoms with Gasteiger partial charge in [0.15, 0.2) is 0 Å². The molecule has 0 aliphatic rings. The summed E-state index contributed by atoms with van der Waals surface area (Å²) >= 11 is 0. The maximum absolute atomic E-state index is 5.72. The van der Waals surface area contributed by atoms with Crippen LogP contribution >= 0.6 is 0 Å². The lowest BCUT2D eigenvalue weighted by Crippen LogP contribution is -2.41. The van der Waals surface area contributed by atoms with Crippen molar-refractivity contribution in [2.75, 3.05) is 7.11 Å². The lowest BCUT2D eigenvalue weighted by Gasteiger charge is -2.42. The van der Waals surface area contributed by atoms with E-state index in [1.54, 1.807) is 0 Å². The van der Waals surface area contributed by atoms with Crippen molar-refractivity contribution < 1.29 is 4.74 Å². The first-order valence-corrected chi connectivity index (χ1v) is 7.81. The SMILES string of the molecule is CCCCCCCCC(C(C)(C)C)C(C)(C)OC. The molecule has 1 atom stereocenters. The number of hydrogen-bond donors (Lipinski definition) is 0. The third kappa shape index (κ3) is 6.78. The third-order valence-electron chi connectivity index (χ3n) is 4.26. The Hall–Kier alpha value is -0.0400. The van der Waals surface area contributed by atoms with E-state index in [9.17, 15) is 0 Å². The minimum Gasteiger partial charge on any atom is -0.379 e. The van der Waals surface area contributed by atoms with Crippen LogP contribution in [0.5, 0.6) is 0 Å². The van der Waals surface area contributed by atoms with Gasteiger partial charge in [-0.1, -0.05) is 66.2 Å². The summed E-state index contributed by atoms with van der Waals surface area (Å²) in [5.41, 5.74) is 0.310. The lowest BCUT2D eigenvalue weighted by atomic mass is 9.69. The Morgan fingerprint density at radius 3 is 1.78 bits per heavy atom. The minimum absolute atomic E-state index is 0.0122. The van der Waals surface area contributed by atoms with Crippen molar-refractivity contribution >= 4 is 0 Å². The summed E-state index contributed by atoms with van der Waals surface area (Å²) in [6, 6.07) is 0. The maximum Gasteiger partial charge on any atom is 0.0655 e. The van der Waals surface area contributed by atoms with E-state index in [0.717, 1.165) is 0 Å². The Morgan fingerprint density at radius 2 is 1.33 bits per heavy atom. The standard InChI is InChI=1S/C17H36O/c1-8-9-10-11-12-13-14-15(16(2,3)4)17(5,6)18-7/h15H,8-14H2,1-7H3. The van der Waals surface area contributed by atoms with Gasteiger partial charge in [-0.2, -0.15) is 0 Å². The van der Waals surface area contributed by atoms with E-state index in [1.807, 2.05) is 7.11 Å². The molecule has 0 saturated heterocycles. The zero-order valence-electron chi connectivity index (χ0n) is 13.9. The first kappa shape index (κ1) is 18.0. The van der Waals surface area contributed by atoms with E-state index in [-0.39, 0.29) is 5.60 Å². The Kier molecular flexibility index (Phi) is 8.18. The predicted molar refractivity (Wildman–Crippen MR) is 82.0 cm³/mol. The van der Waals surface area contributed by atoms with Crippen LogP contribution in [0, 0.1) is 11.3 Å². The quantitative estimate of drug-likeness (QED) is 0.472. The van der Waals surface area contributed by atoms with Crippen LogP contribution in [0.1, 0.15) is 86.5 Å². The highest BCUT2D eigenvalue weighted by Gasteiger charge is 2.37. The Balaban J connectivity index is 4.13. The summed E-state index contributed by atoms with van der Waals surface area (Å²) in [7, 11) is 1.85. The lowest BCUT2D eigenvalue weighted by molar-refractivity contribution is -0.0703. The second-order valence-electron chi connectivity index (χ2n) is 7.28. The molecule has 18 heavy (non-hydrogen) atoms. The summed E-state index contributed by atoms with van der Waals surface area (Å²) in [6.45, 7) is 13.8. The van der Waals surface area contributed by atoms with Crippen molar-refractivity contribution in [2.45, 2.75) is 92.1 Å². The van der Waals surface area contributed by atoms with Crippen molar-refractivity contribution in [1.29, 1.82) is 0 Å². The number of methoxy groups -OCH3 is 1. The Morgan fingerprint density at radius 1 is 0.833 bits per heavy atom. The largest absolute Gasteiger partial charge is 0.379 e. The molecule has 0 bridgehead atoms. The third-order valence-corrected chi connectivity index (χ3v) is 4.26. The fraction of sp³-hybridized carbons (Fsp3) is 1.00. The van der Waals surface area contributed by atoms with Gasteiger partial charge in [-0.3, -0.25) is 0 Å².